The van der Waals surface area contributed by atoms with Crippen LogP contribution < -0.4 is 16.7 Å². The zero-order valence-electron chi connectivity index (χ0n) is 18.3. The Morgan fingerprint density at radius 1 is 1.31 bits per heavy atom. The van der Waals surface area contributed by atoms with Crippen molar-refractivity contribution < 1.29 is 44.7 Å². The van der Waals surface area contributed by atoms with Gasteiger partial charge in [0, 0.05) is 12.1 Å². The van der Waals surface area contributed by atoms with Gasteiger partial charge < -0.3 is 46.3 Å². The van der Waals surface area contributed by atoms with Gasteiger partial charge in [-0.1, -0.05) is 6.92 Å². The van der Waals surface area contributed by atoms with E-state index in [9.17, 15) is 44.7 Å². The molecule has 190 valence electrons. The third-order valence-electron chi connectivity index (χ3n) is 5.77. The number of rotatable bonds is 9. The number of hydrogen-bond donors (Lipinski definition) is 8. The number of H-pyrrole nitrogens is 1. The number of ether oxygens (including phenoxy) is 1. The van der Waals surface area contributed by atoms with Crippen molar-refractivity contribution in [3.05, 3.63) is 46.4 Å². The molecule has 1 amide bonds. The van der Waals surface area contributed by atoms with Crippen LogP contribution in [-0.2, 0) is 14.3 Å². The van der Waals surface area contributed by atoms with E-state index in [1.54, 1.807) is 0 Å². The fourth-order valence-electron chi connectivity index (χ4n) is 3.68. The molecule has 1 aliphatic rings. The Morgan fingerprint density at radius 2 is 2.00 bits per heavy atom. The number of hydrogen-bond acceptors (Lipinski definition) is 11. The van der Waals surface area contributed by atoms with Gasteiger partial charge in [-0.2, -0.15) is 0 Å². The maximum atomic E-state index is 12.7. The first kappa shape index (κ1) is 26.0. The molecular weight excluding hydrogens is 470 g/mol. The minimum absolute atomic E-state index is 0.112. The number of nitrogens with zero attached hydrogens (tertiary/aromatic N) is 2. The van der Waals surface area contributed by atoms with Crippen LogP contribution in [0.25, 0.3) is 0 Å². The molecule has 9 N–H and O–H groups in total. The summed E-state index contributed by atoms with van der Waals surface area (Å²) in [4.78, 5) is 53.5. The quantitative estimate of drug-likeness (QED) is 0.162. The van der Waals surface area contributed by atoms with E-state index in [0.717, 1.165) is 17.0 Å². The summed E-state index contributed by atoms with van der Waals surface area (Å²) in [6.07, 6.45) is -5.78. The molecule has 0 spiro atoms. The number of amides is 1. The van der Waals surface area contributed by atoms with E-state index in [2.05, 4.69) is 15.3 Å². The van der Waals surface area contributed by atoms with E-state index < -0.39 is 66.2 Å². The van der Waals surface area contributed by atoms with E-state index in [-0.39, 0.29) is 17.1 Å². The highest BCUT2D eigenvalue weighted by molar-refractivity contribution is 5.87. The Morgan fingerprint density at radius 3 is 2.54 bits per heavy atom. The summed E-state index contributed by atoms with van der Waals surface area (Å²) in [5.41, 5.74) is 5.03. The summed E-state index contributed by atoms with van der Waals surface area (Å²) in [5, 5.41) is 52.3. The molecule has 15 nitrogen and oxygen atoms in total. The molecule has 8 atom stereocenters. The predicted octanol–water partition coefficient (Wildman–Crippen LogP) is -3.02. The molecule has 0 aliphatic carbocycles. The Bertz CT molecular complexity index is 1130. The van der Waals surface area contributed by atoms with Gasteiger partial charge in [-0.15, -0.1) is 0 Å². The van der Waals surface area contributed by atoms with Crippen LogP contribution in [0.4, 0.5) is 0 Å². The van der Waals surface area contributed by atoms with Crippen LogP contribution in [-0.4, -0.2) is 88.6 Å². The van der Waals surface area contributed by atoms with Crippen molar-refractivity contribution in [2.75, 3.05) is 0 Å². The summed E-state index contributed by atoms with van der Waals surface area (Å²) < 4.78 is 6.18. The number of imidazole rings is 1. The second-order valence-electron chi connectivity index (χ2n) is 8.11. The number of carboxylic acids is 1. The number of carboxylic acid groups (broad SMARTS) is 1. The van der Waals surface area contributed by atoms with E-state index in [1.807, 2.05) is 0 Å². The first-order valence-electron chi connectivity index (χ1n) is 10.4. The van der Waals surface area contributed by atoms with E-state index in [0.29, 0.717) is 6.29 Å². The Hall–Kier alpha value is -3.63. The largest absolute Gasteiger partial charge is 0.506 e. The number of aromatic amines is 1. The molecule has 35 heavy (non-hydrogen) atoms. The van der Waals surface area contributed by atoms with Crippen molar-refractivity contribution in [1.82, 2.24) is 19.9 Å². The van der Waals surface area contributed by atoms with Crippen LogP contribution in [0.5, 0.6) is 5.75 Å². The van der Waals surface area contributed by atoms with Crippen LogP contribution in [0.2, 0.25) is 0 Å². The Kier molecular flexibility index (Phi) is 7.67. The fraction of sp³-hybridized carbons (Fsp3) is 0.450. The first-order valence-corrected chi connectivity index (χ1v) is 10.4. The zero-order chi connectivity index (χ0) is 26.0. The number of nitrogens with one attached hydrogen (secondary N) is 2. The van der Waals surface area contributed by atoms with Gasteiger partial charge in [0.2, 0.25) is 5.91 Å². The topological polar surface area (TPSA) is 250 Å². The lowest BCUT2D eigenvalue weighted by Crippen LogP contribution is -2.57. The molecule has 0 bridgehead atoms. The minimum atomic E-state index is -1.90. The monoisotopic (exact) mass is 495 g/mol. The SMILES string of the molecule is CC(C(N)C(=O)NC(C(=O)O)[C@H]1O[C@@H](n2cc(C=O)[nH]c2=O)[C@H](O)[C@@H]1O)C(O)c1ccc(O)cn1. The first-order chi connectivity index (χ1) is 16.5. The van der Waals surface area contributed by atoms with Gasteiger partial charge in [0.05, 0.1) is 23.6 Å². The standard InChI is InChI=1S/C20H25N5O10/c1-7(13(28)10-3-2-9(27)4-22-10)11(21)17(31)24-12(19(32)33)16-14(29)15(30)18(35-16)25-5-8(6-26)23-20(25)34/h2-7,11-16,18,27-30H,21H2,1H3,(H,23,34)(H,24,31)(H,32,33)/t7?,11?,12?,13?,14-,15+,16+,18+/m0/s1. The second kappa shape index (κ2) is 10.3. The minimum Gasteiger partial charge on any atom is -0.506 e. The van der Waals surface area contributed by atoms with Crippen molar-refractivity contribution in [1.29, 1.82) is 0 Å². The van der Waals surface area contributed by atoms with Gasteiger partial charge in [-0.25, -0.2) is 9.59 Å². The summed E-state index contributed by atoms with van der Waals surface area (Å²) in [5.74, 6) is -3.75. The van der Waals surface area contributed by atoms with Gasteiger partial charge in [-0.05, 0) is 12.1 Å². The third kappa shape index (κ3) is 5.23. The van der Waals surface area contributed by atoms with Crippen molar-refractivity contribution in [3.8, 4) is 5.75 Å². The summed E-state index contributed by atoms with van der Waals surface area (Å²) >= 11 is 0. The van der Waals surface area contributed by atoms with E-state index in [1.165, 1.54) is 19.1 Å². The highest BCUT2D eigenvalue weighted by atomic mass is 16.6. The molecular formula is C20H25N5O10. The molecule has 1 aliphatic heterocycles. The normalized spacial score (nSPS) is 25.4. The van der Waals surface area contributed by atoms with Gasteiger partial charge in [-0.3, -0.25) is 19.1 Å². The highest BCUT2D eigenvalue weighted by Gasteiger charge is 2.50. The van der Waals surface area contributed by atoms with Crippen LogP contribution in [0.1, 0.15) is 35.4 Å². The van der Waals surface area contributed by atoms with Crippen molar-refractivity contribution in [2.45, 2.75) is 49.7 Å². The number of aliphatic hydroxyl groups is 3. The molecule has 3 heterocycles. The average molecular weight is 495 g/mol. The highest BCUT2D eigenvalue weighted by Crippen LogP contribution is 2.31. The van der Waals surface area contributed by atoms with Crippen molar-refractivity contribution in [3.63, 3.8) is 0 Å². The molecule has 0 aromatic carbocycles. The van der Waals surface area contributed by atoms with Crippen LogP contribution >= 0.6 is 0 Å². The molecule has 2 aromatic heterocycles. The number of pyridine rings is 1. The molecule has 0 saturated carbocycles. The molecule has 0 radical (unpaired) electrons. The molecule has 1 saturated heterocycles. The lowest BCUT2D eigenvalue weighted by atomic mass is 9.92. The number of nitrogens with two attached hydrogens (primary N) is 1. The summed E-state index contributed by atoms with van der Waals surface area (Å²) in [6.45, 7) is 1.42. The summed E-state index contributed by atoms with van der Waals surface area (Å²) in [6, 6.07) is -0.743. The lowest BCUT2D eigenvalue weighted by Gasteiger charge is -2.28. The van der Waals surface area contributed by atoms with Gasteiger partial charge in [0.15, 0.2) is 18.6 Å². The molecule has 1 fully saturated rings. The van der Waals surface area contributed by atoms with Crippen LogP contribution in [0, 0.1) is 5.92 Å². The lowest BCUT2D eigenvalue weighted by molar-refractivity contribution is -0.149. The van der Waals surface area contributed by atoms with E-state index >= 15 is 0 Å². The van der Waals surface area contributed by atoms with Crippen LogP contribution in [0.15, 0.2) is 29.3 Å². The number of carbonyl (C=O) groups excluding carboxylic acids is 2. The zero-order valence-corrected chi connectivity index (χ0v) is 18.3. The maximum absolute atomic E-state index is 12.7. The third-order valence-corrected chi connectivity index (χ3v) is 5.77. The number of aromatic nitrogens is 3. The molecule has 2 aromatic rings. The fourth-order valence-corrected chi connectivity index (χ4v) is 3.68. The Labute approximate surface area is 196 Å². The summed E-state index contributed by atoms with van der Waals surface area (Å²) in [7, 11) is 0. The van der Waals surface area contributed by atoms with Crippen molar-refractivity contribution >= 4 is 18.2 Å². The van der Waals surface area contributed by atoms with Gasteiger partial charge in [0.1, 0.15) is 30.2 Å². The molecule has 15 heteroatoms. The van der Waals surface area contributed by atoms with E-state index in [4.69, 9.17) is 10.5 Å². The number of aldehydes is 1. The number of aliphatic carboxylic acids is 1. The molecule has 4 unspecified atom stereocenters. The smallest absolute Gasteiger partial charge is 0.329 e. The Balaban J connectivity index is 1.75. The molecule has 3 rings (SSSR count). The maximum Gasteiger partial charge on any atom is 0.329 e. The van der Waals surface area contributed by atoms with Crippen molar-refractivity contribution in [2.24, 2.45) is 11.7 Å². The van der Waals surface area contributed by atoms with Crippen LogP contribution in [0.3, 0.4) is 0 Å². The number of aromatic hydroxyl groups is 1. The second-order valence-corrected chi connectivity index (χ2v) is 8.11. The predicted molar refractivity (Wildman–Crippen MR) is 114 cm³/mol. The number of aliphatic hydroxyl groups excluding tert-OH is 3. The number of carbonyl (C=O) groups is 3. The van der Waals surface area contributed by atoms with Gasteiger partial charge >= 0.3 is 11.7 Å². The van der Waals surface area contributed by atoms with Gasteiger partial charge in [0.25, 0.3) is 0 Å². The average Bonchev–Trinajstić information content (AvgIpc) is 3.34.